The molecule has 1 aromatic rings. The molecule has 1 aromatic heterocycles. The molecule has 1 aliphatic rings. The lowest BCUT2D eigenvalue weighted by Crippen LogP contribution is -2.42. The van der Waals surface area contributed by atoms with Gasteiger partial charge in [-0.1, -0.05) is 18.9 Å². The third kappa shape index (κ3) is 5.41. The third-order valence-corrected chi connectivity index (χ3v) is 4.36. The molecule has 2 N–H and O–H groups in total. The summed E-state index contributed by atoms with van der Waals surface area (Å²) in [6.07, 6.45) is 7.10. The van der Waals surface area contributed by atoms with Crippen LogP contribution in [0.4, 0.5) is 5.82 Å². The number of hydrogen-bond donors (Lipinski definition) is 2. The molecular formula is C18H31N5. The zero-order chi connectivity index (χ0) is 16.5. The topological polar surface area (TPSA) is 52.6 Å². The van der Waals surface area contributed by atoms with Gasteiger partial charge in [-0.15, -0.1) is 0 Å². The van der Waals surface area contributed by atoms with Gasteiger partial charge in [0.25, 0.3) is 0 Å². The Morgan fingerprint density at radius 1 is 1.22 bits per heavy atom. The highest BCUT2D eigenvalue weighted by Gasteiger charge is 2.15. The Balaban J connectivity index is 1.95. The quantitative estimate of drug-likeness (QED) is 0.600. The van der Waals surface area contributed by atoms with Gasteiger partial charge in [0.1, 0.15) is 5.82 Å². The summed E-state index contributed by atoms with van der Waals surface area (Å²) >= 11 is 0. The fourth-order valence-corrected chi connectivity index (χ4v) is 3.00. The number of pyridine rings is 1. The van der Waals surface area contributed by atoms with Gasteiger partial charge in [0.15, 0.2) is 5.96 Å². The summed E-state index contributed by atoms with van der Waals surface area (Å²) in [6, 6.07) is 4.80. The van der Waals surface area contributed by atoms with E-state index >= 15 is 0 Å². The average Bonchev–Trinajstić information content (AvgIpc) is 3.08. The molecule has 0 amide bonds. The van der Waals surface area contributed by atoms with Crippen LogP contribution in [0.25, 0.3) is 0 Å². The van der Waals surface area contributed by atoms with E-state index in [9.17, 15) is 0 Å². The standard InChI is InChI=1S/C18H31N5/c1-4-19-18(22-16-9-7-8-10-16)21-14-15-11-12-17(20-13-15)23(5-2)6-3/h11-13,16H,4-10,14H2,1-3H3,(H2,19,21,22). The lowest BCUT2D eigenvalue weighted by molar-refractivity contribution is 0.614. The molecule has 0 bridgehead atoms. The van der Waals surface area contributed by atoms with Crippen LogP contribution >= 0.6 is 0 Å². The number of hydrogen-bond acceptors (Lipinski definition) is 3. The van der Waals surface area contributed by atoms with E-state index in [-0.39, 0.29) is 0 Å². The minimum Gasteiger partial charge on any atom is -0.357 e. The molecule has 1 fully saturated rings. The van der Waals surface area contributed by atoms with Crippen LogP contribution in [0.1, 0.15) is 52.0 Å². The summed E-state index contributed by atoms with van der Waals surface area (Å²) in [4.78, 5) is 11.5. The number of anilines is 1. The Bertz CT molecular complexity index is 473. The highest BCUT2D eigenvalue weighted by Crippen LogP contribution is 2.17. The predicted octanol–water partition coefficient (Wildman–Crippen LogP) is 2.93. The molecule has 0 atom stereocenters. The molecule has 0 aromatic carbocycles. The number of nitrogens with one attached hydrogen (secondary N) is 2. The van der Waals surface area contributed by atoms with Crippen molar-refractivity contribution in [3.63, 3.8) is 0 Å². The second-order valence-electron chi connectivity index (χ2n) is 6.02. The van der Waals surface area contributed by atoms with E-state index in [0.717, 1.165) is 37.0 Å². The van der Waals surface area contributed by atoms with Crippen LogP contribution in [0.5, 0.6) is 0 Å². The lowest BCUT2D eigenvalue weighted by Gasteiger charge is -2.19. The minimum absolute atomic E-state index is 0.580. The zero-order valence-corrected chi connectivity index (χ0v) is 14.8. The molecular weight excluding hydrogens is 286 g/mol. The molecule has 0 spiro atoms. The fraction of sp³-hybridized carbons (Fsp3) is 0.667. The Morgan fingerprint density at radius 2 is 1.96 bits per heavy atom. The molecule has 23 heavy (non-hydrogen) atoms. The first-order chi connectivity index (χ1) is 11.3. The summed E-state index contributed by atoms with van der Waals surface area (Å²) in [7, 11) is 0. The predicted molar refractivity (Wildman–Crippen MR) is 98.0 cm³/mol. The van der Waals surface area contributed by atoms with Crippen molar-refractivity contribution in [2.75, 3.05) is 24.5 Å². The number of aliphatic imine (C=N–C) groups is 1. The maximum absolute atomic E-state index is 4.70. The number of rotatable bonds is 7. The van der Waals surface area contributed by atoms with Gasteiger partial charge in [-0.2, -0.15) is 0 Å². The molecule has 2 rings (SSSR count). The van der Waals surface area contributed by atoms with Gasteiger partial charge >= 0.3 is 0 Å². The number of nitrogens with zero attached hydrogens (tertiary/aromatic N) is 3. The molecule has 1 aliphatic carbocycles. The van der Waals surface area contributed by atoms with Crippen LogP contribution in [0.2, 0.25) is 0 Å². The lowest BCUT2D eigenvalue weighted by atomic mass is 10.2. The zero-order valence-electron chi connectivity index (χ0n) is 14.8. The molecule has 1 saturated carbocycles. The van der Waals surface area contributed by atoms with Crippen molar-refractivity contribution in [2.45, 2.75) is 59.0 Å². The normalized spacial score (nSPS) is 15.7. The number of guanidine groups is 1. The van der Waals surface area contributed by atoms with E-state index in [4.69, 9.17) is 4.99 Å². The van der Waals surface area contributed by atoms with E-state index < -0.39 is 0 Å². The molecule has 5 nitrogen and oxygen atoms in total. The first kappa shape index (κ1) is 17.6. The molecule has 0 unspecified atom stereocenters. The van der Waals surface area contributed by atoms with E-state index in [1.54, 1.807) is 0 Å². The highest BCUT2D eigenvalue weighted by molar-refractivity contribution is 5.80. The van der Waals surface area contributed by atoms with Crippen LogP contribution in [0.3, 0.4) is 0 Å². The van der Waals surface area contributed by atoms with E-state index in [1.165, 1.54) is 25.7 Å². The van der Waals surface area contributed by atoms with Crippen molar-refractivity contribution in [3.8, 4) is 0 Å². The summed E-state index contributed by atoms with van der Waals surface area (Å²) in [6.45, 7) is 9.92. The van der Waals surface area contributed by atoms with E-state index in [1.807, 2.05) is 6.20 Å². The maximum Gasteiger partial charge on any atom is 0.191 e. The van der Waals surface area contributed by atoms with Crippen LogP contribution < -0.4 is 15.5 Å². The van der Waals surface area contributed by atoms with Crippen LogP contribution in [-0.2, 0) is 6.54 Å². The van der Waals surface area contributed by atoms with Crippen molar-refractivity contribution >= 4 is 11.8 Å². The highest BCUT2D eigenvalue weighted by atomic mass is 15.2. The second-order valence-corrected chi connectivity index (χ2v) is 6.02. The molecule has 128 valence electrons. The minimum atomic E-state index is 0.580. The van der Waals surface area contributed by atoms with Crippen molar-refractivity contribution in [1.82, 2.24) is 15.6 Å². The van der Waals surface area contributed by atoms with Crippen LogP contribution in [-0.4, -0.2) is 36.6 Å². The van der Waals surface area contributed by atoms with Gasteiger partial charge in [0, 0.05) is 31.9 Å². The van der Waals surface area contributed by atoms with Gasteiger partial charge in [-0.25, -0.2) is 9.98 Å². The summed E-state index contributed by atoms with van der Waals surface area (Å²) in [5.74, 6) is 1.96. The van der Waals surface area contributed by atoms with Crippen LogP contribution in [0.15, 0.2) is 23.3 Å². The smallest absolute Gasteiger partial charge is 0.191 e. The monoisotopic (exact) mass is 317 g/mol. The second kappa shape index (κ2) is 9.38. The van der Waals surface area contributed by atoms with Gasteiger partial charge in [-0.05, 0) is 45.2 Å². The maximum atomic E-state index is 4.70. The SMILES string of the molecule is CCNC(=NCc1ccc(N(CC)CC)nc1)NC1CCCC1. The Kier molecular flexibility index (Phi) is 7.17. The van der Waals surface area contributed by atoms with Gasteiger partial charge in [0.05, 0.1) is 6.54 Å². The molecule has 0 aliphatic heterocycles. The molecule has 5 heteroatoms. The Labute approximate surface area is 140 Å². The molecule has 0 saturated heterocycles. The summed E-state index contributed by atoms with van der Waals surface area (Å²) in [5.41, 5.74) is 1.14. The molecule has 1 heterocycles. The van der Waals surface area contributed by atoms with Gasteiger partial charge in [-0.3, -0.25) is 0 Å². The average molecular weight is 317 g/mol. The van der Waals surface area contributed by atoms with Crippen molar-refractivity contribution < 1.29 is 0 Å². The van der Waals surface area contributed by atoms with Gasteiger partial charge < -0.3 is 15.5 Å². The van der Waals surface area contributed by atoms with Crippen molar-refractivity contribution in [1.29, 1.82) is 0 Å². The first-order valence-electron chi connectivity index (χ1n) is 9.01. The number of aromatic nitrogens is 1. The summed E-state index contributed by atoms with van der Waals surface area (Å²) in [5, 5.41) is 6.88. The van der Waals surface area contributed by atoms with Crippen molar-refractivity contribution in [2.24, 2.45) is 4.99 Å². The van der Waals surface area contributed by atoms with E-state index in [0.29, 0.717) is 12.6 Å². The summed E-state index contributed by atoms with van der Waals surface area (Å²) < 4.78 is 0. The largest absolute Gasteiger partial charge is 0.357 e. The third-order valence-electron chi connectivity index (χ3n) is 4.36. The van der Waals surface area contributed by atoms with Gasteiger partial charge in [0.2, 0.25) is 0 Å². The Morgan fingerprint density at radius 3 is 2.52 bits per heavy atom. The van der Waals surface area contributed by atoms with E-state index in [2.05, 4.69) is 53.4 Å². The fourth-order valence-electron chi connectivity index (χ4n) is 3.00. The van der Waals surface area contributed by atoms with Crippen molar-refractivity contribution in [3.05, 3.63) is 23.9 Å². The van der Waals surface area contributed by atoms with Crippen LogP contribution in [0, 0.1) is 0 Å². The first-order valence-corrected chi connectivity index (χ1v) is 9.01. The Hall–Kier alpha value is -1.78. The molecule has 0 radical (unpaired) electrons.